The maximum atomic E-state index is 14.0. The first-order valence-corrected chi connectivity index (χ1v) is 10.8. The van der Waals surface area contributed by atoms with E-state index in [2.05, 4.69) is 43.5 Å². The largest absolute Gasteiger partial charge is 0.370 e. The van der Waals surface area contributed by atoms with Crippen LogP contribution in [0.5, 0.6) is 0 Å². The molecule has 0 saturated heterocycles. The lowest BCUT2D eigenvalue weighted by Crippen LogP contribution is -2.19. The predicted octanol–water partition coefficient (Wildman–Crippen LogP) is 5.15. The summed E-state index contributed by atoms with van der Waals surface area (Å²) in [5, 5.41) is 5.76. The zero-order chi connectivity index (χ0) is 22.4. The maximum absolute atomic E-state index is 14.0. The van der Waals surface area contributed by atoms with Crippen LogP contribution < -0.4 is 10.6 Å². The van der Waals surface area contributed by atoms with E-state index in [-0.39, 0.29) is 17.9 Å². The van der Waals surface area contributed by atoms with Gasteiger partial charge in [-0.3, -0.25) is 4.79 Å². The van der Waals surface area contributed by atoms with Gasteiger partial charge in [0.25, 0.3) is 5.91 Å². The normalized spacial score (nSPS) is 10.7. The molecule has 0 radical (unpaired) electrons. The van der Waals surface area contributed by atoms with E-state index in [1.54, 1.807) is 19.2 Å². The van der Waals surface area contributed by atoms with Gasteiger partial charge in [0.1, 0.15) is 23.8 Å². The second-order valence-electron chi connectivity index (χ2n) is 7.01. The standard InChI is InChI=1S/C23H23BrF2N4O/c1-3-4-14-9-15(5-6-17(14)23(31)27-2)21-12-22(30-13-29-21)28-8-7-18-19(25)10-16(24)11-20(18)26/h5-6,9-13H,3-4,7-8H2,1-2H3,(H,27,31)(H,28,29,30). The number of nitrogens with one attached hydrogen (secondary N) is 2. The van der Waals surface area contributed by atoms with E-state index in [4.69, 9.17) is 0 Å². The Morgan fingerprint density at radius 1 is 1.06 bits per heavy atom. The third-order valence-electron chi connectivity index (χ3n) is 4.85. The molecule has 3 rings (SSSR count). The SMILES string of the molecule is CCCc1cc(-c2cc(NCCc3c(F)cc(Br)cc3F)ncn2)ccc1C(=O)NC. The number of carbonyl (C=O) groups is 1. The van der Waals surface area contributed by atoms with Crippen molar-refractivity contribution in [1.29, 1.82) is 0 Å². The Hall–Kier alpha value is -2.87. The van der Waals surface area contributed by atoms with Crippen LogP contribution in [-0.4, -0.2) is 29.5 Å². The Balaban J connectivity index is 1.76. The van der Waals surface area contributed by atoms with Crippen molar-refractivity contribution in [2.24, 2.45) is 0 Å². The van der Waals surface area contributed by atoms with E-state index in [1.807, 2.05) is 12.1 Å². The summed E-state index contributed by atoms with van der Waals surface area (Å²) in [7, 11) is 1.61. The molecule has 2 aromatic carbocycles. The Labute approximate surface area is 188 Å². The second kappa shape index (κ2) is 10.4. The molecule has 0 aliphatic carbocycles. The molecule has 1 amide bonds. The zero-order valence-electron chi connectivity index (χ0n) is 17.3. The molecule has 0 atom stereocenters. The fraction of sp³-hybridized carbons (Fsp3) is 0.261. The topological polar surface area (TPSA) is 66.9 Å². The number of amides is 1. The summed E-state index contributed by atoms with van der Waals surface area (Å²) >= 11 is 3.08. The summed E-state index contributed by atoms with van der Waals surface area (Å²) in [6, 6.07) is 9.89. The predicted molar refractivity (Wildman–Crippen MR) is 121 cm³/mol. The van der Waals surface area contributed by atoms with Gasteiger partial charge >= 0.3 is 0 Å². The molecule has 0 saturated carbocycles. The number of halogens is 3. The molecule has 0 fully saturated rings. The number of hydrogen-bond acceptors (Lipinski definition) is 4. The molecule has 1 aromatic heterocycles. The summed E-state index contributed by atoms with van der Waals surface area (Å²) in [6.07, 6.45) is 3.29. The highest BCUT2D eigenvalue weighted by molar-refractivity contribution is 9.10. The highest BCUT2D eigenvalue weighted by atomic mass is 79.9. The molecule has 0 aliphatic heterocycles. The van der Waals surface area contributed by atoms with E-state index < -0.39 is 11.6 Å². The Kier molecular flexibility index (Phi) is 7.68. The van der Waals surface area contributed by atoms with Crippen molar-refractivity contribution in [1.82, 2.24) is 15.3 Å². The molecule has 8 heteroatoms. The number of nitrogens with zero attached hydrogens (tertiary/aromatic N) is 2. The van der Waals surface area contributed by atoms with Crippen LogP contribution in [0, 0.1) is 11.6 Å². The van der Waals surface area contributed by atoms with Crippen molar-refractivity contribution in [2.75, 3.05) is 18.9 Å². The smallest absolute Gasteiger partial charge is 0.251 e. The molecular weight excluding hydrogens is 466 g/mol. The van der Waals surface area contributed by atoms with Crippen LogP contribution in [0.25, 0.3) is 11.3 Å². The Morgan fingerprint density at radius 3 is 2.48 bits per heavy atom. The van der Waals surface area contributed by atoms with Gasteiger partial charge in [-0.25, -0.2) is 18.7 Å². The van der Waals surface area contributed by atoms with E-state index in [0.29, 0.717) is 28.1 Å². The average Bonchev–Trinajstić information content (AvgIpc) is 2.75. The summed E-state index contributed by atoms with van der Waals surface area (Å²) in [6.45, 7) is 2.37. The average molecular weight is 489 g/mol. The number of hydrogen-bond donors (Lipinski definition) is 2. The minimum atomic E-state index is -0.586. The van der Waals surface area contributed by atoms with E-state index in [1.165, 1.54) is 18.5 Å². The molecule has 0 aliphatic rings. The molecule has 1 heterocycles. The van der Waals surface area contributed by atoms with Crippen molar-refractivity contribution in [2.45, 2.75) is 26.2 Å². The Bertz CT molecular complexity index is 1070. The molecule has 31 heavy (non-hydrogen) atoms. The third kappa shape index (κ3) is 5.64. The fourth-order valence-electron chi connectivity index (χ4n) is 3.32. The lowest BCUT2D eigenvalue weighted by molar-refractivity contribution is 0.0962. The van der Waals surface area contributed by atoms with Gasteiger partial charge in [-0.05, 0) is 42.7 Å². The van der Waals surface area contributed by atoms with Crippen LogP contribution in [0.3, 0.4) is 0 Å². The van der Waals surface area contributed by atoms with Crippen LogP contribution in [-0.2, 0) is 12.8 Å². The van der Waals surface area contributed by atoms with Gasteiger partial charge in [-0.15, -0.1) is 0 Å². The molecule has 0 unspecified atom stereocenters. The summed E-state index contributed by atoms with van der Waals surface area (Å²) < 4.78 is 28.3. The molecule has 162 valence electrons. The highest BCUT2D eigenvalue weighted by Crippen LogP contribution is 2.24. The van der Waals surface area contributed by atoms with E-state index >= 15 is 0 Å². The number of aromatic nitrogens is 2. The van der Waals surface area contributed by atoms with E-state index in [0.717, 1.165) is 24.0 Å². The first kappa shape index (κ1) is 22.8. The third-order valence-corrected chi connectivity index (χ3v) is 5.30. The van der Waals surface area contributed by atoms with Gasteiger partial charge in [0, 0.05) is 40.8 Å². The van der Waals surface area contributed by atoms with Gasteiger partial charge < -0.3 is 10.6 Å². The van der Waals surface area contributed by atoms with Crippen LogP contribution in [0.15, 0.2) is 47.2 Å². The first-order valence-electron chi connectivity index (χ1n) is 9.97. The van der Waals surface area contributed by atoms with Crippen molar-refractivity contribution < 1.29 is 13.6 Å². The van der Waals surface area contributed by atoms with Crippen LogP contribution in [0.1, 0.15) is 34.8 Å². The number of aryl methyl sites for hydroxylation is 1. The quantitative estimate of drug-likeness (QED) is 0.460. The van der Waals surface area contributed by atoms with Crippen molar-refractivity contribution in [3.63, 3.8) is 0 Å². The number of benzene rings is 2. The molecular formula is C23H23BrF2N4O. The minimum absolute atomic E-state index is 0.0268. The second-order valence-corrected chi connectivity index (χ2v) is 7.93. The van der Waals surface area contributed by atoms with Crippen LogP contribution in [0.4, 0.5) is 14.6 Å². The molecule has 0 bridgehead atoms. The summed E-state index contributed by atoms with van der Waals surface area (Å²) in [4.78, 5) is 20.6. The van der Waals surface area contributed by atoms with Gasteiger partial charge in [-0.1, -0.05) is 35.3 Å². The Morgan fingerprint density at radius 2 is 1.81 bits per heavy atom. The summed E-state index contributed by atoms with van der Waals surface area (Å²) in [5.74, 6) is -0.740. The number of anilines is 1. The van der Waals surface area contributed by atoms with E-state index in [9.17, 15) is 13.6 Å². The van der Waals surface area contributed by atoms with Gasteiger partial charge in [0.15, 0.2) is 0 Å². The van der Waals surface area contributed by atoms with Gasteiger partial charge in [0.2, 0.25) is 0 Å². The highest BCUT2D eigenvalue weighted by Gasteiger charge is 2.13. The maximum Gasteiger partial charge on any atom is 0.251 e. The van der Waals surface area contributed by atoms with Crippen molar-refractivity contribution in [3.8, 4) is 11.3 Å². The van der Waals surface area contributed by atoms with Crippen LogP contribution >= 0.6 is 15.9 Å². The first-order chi connectivity index (χ1) is 14.9. The number of carbonyl (C=O) groups excluding carboxylic acids is 1. The molecule has 2 N–H and O–H groups in total. The van der Waals surface area contributed by atoms with Crippen LogP contribution in [0.2, 0.25) is 0 Å². The fourth-order valence-corrected chi connectivity index (χ4v) is 3.73. The van der Waals surface area contributed by atoms with Gasteiger partial charge in [0.05, 0.1) is 5.69 Å². The van der Waals surface area contributed by atoms with Gasteiger partial charge in [-0.2, -0.15) is 0 Å². The lowest BCUT2D eigenvalue weighted by atomic mass is 9.98. The lowest BCUT2D eigenvalue weighted by Gasteiger charge is -2.11. The molecule has 3 aromatic rings. The number of rotatable bonds is 8. The minimum Gasteiger partial charge on any atom is -0.370 e. The van der Waals surface area contributed by atoms with Crippen molar-refractivity contribution >= 4 is 27.7 Å². The molecule has 5 nitrogen and oxygen atoms in total. The molecule has 0 spiro atoms. The zero-order valence-corrected chi connectivity index (χ0v) is 18.9. The monoisotopic (exact) mass is 488 g/mol. The summed E-state index contributed by atoms with van der Waals surface area (Å²) in [5.41, 5.74) is 3.19. The van der Waals surface area contributed by atoms with Crippen molar-refractivity contribution in [3.05, 3.63) is 75.5 Å².